The SMILES string of the molecule is Fc1ccc2nccc(Nc3cccc(-c4nc5ncc(Nc6ccncc6)cc5o4)c3)c2c1. The summed E-state index contributed by atoms with van der Waals surface area (Å²) >= 11 is 0. The van der Waals surface area contributed by atoms with Gasteiger partial charge < -0.3 is 15.1 Å². The fourth-order valence-corrected chi connectivity index (χ4v) is 3.73. The van der Waals surface area contributed by atoms with Crippen molar-refractivity contribution in [2.75, 3.05) is 10.6 Å². The van der Waals surface area contributed by atoms with Crippen LogP contribution >= 0.6 is 0 Å². The second-order valence-electron chi connectivity index (χ2n) is 7.65. The Morgan fingerprint density at radius 3 is 2.59 bits per heavy atom. The van der Waals surface area contributed by atoms with Crippen molar-refractivity contribution in [2.24, 2.45) is 0 Å². The molecule has 0 saturated carbocycles. The van der Waals surface area contributed by atoms with Gasteiger partial charge >= 0.3 is 0 Å². The van der Waals surface area contributed by atoms with Crippen LogP contribution < -0.4 is 10.6 Å². The molecular formula is C26H17FN6O. The number of nitrogens with one attached hydrogen (secondary N) is 2. The van der Waals surface area contributed by atoms with E-state index in [9.17, 15) is 4.39 Å². The topological polar surface area (TPSA) is 88.8 Å². The molecule has 0 saturated heterocycles. The fourth-order valence-electron chi connectivity index (χ4n) is 3.73. The van der Waals surface area contributed by atoms with Gasteiger partial charge in [-0.25, -0.2) is 9.37 Å². The molecule has 164 valence electrons. The smallest absolute Gasteiger partial charge is 0.228 e. The predicted molar refractivity (Wildman–Crippen MR) is 130 cm³/mol. The highest BCUT2D eigenvalue weighted by atomic mass is 19.1. The van der Waals surface area contributed by atoms with Crippen molar-refractivity contribution in [3.8, 4) is 11.5 Å². The summed E-state index contributed by atoms with van der Waals surface area (Å²) in [6.07, 6.45) is 6.83. The van der Waals surface area contributed by atoms with Gasteiger partial charge in [-0.3, -0.25) is 9.97 Å². The van der Waals surface area contributed by atoms with Crippen molar-refractivity contribution in [2.45, 2.75) is 0 Å². The molecule has 0 fully saturated rings. The zero-order chi connectivity index (χ0) is 22.9. The zero-order valence-corrected chi connectivity index (χ0v) is 17.7. The summed E-state index contributed by atoms with van der Waals surface area (Å²) in [4.78, 5) is 17.3. The Labute approximate surface area is 193 Å². The van der Waals surface area contributed by atoms with Crippen LogP contribution in [-0.2, 0) is 0 Å². The van der Waals surface area contributed by atoms with E-state index >= 15 is 0 Å². The number of oxazole rings is 1. The molecule has 0 unspecified atom stereocenters. The standard InChI is InChI=1S/C26H17FN6O/c27-17-4-5-22-21(13-17)23(8-11-29-22)32-19-3-1-2-16(12-19)26-33-25-24(34-26)14-20(15-30-25)31-18-6-9-28-10-7-18/h1-15H,(H,28,31)(H,29,32). The van der Waals surface area contributed by atoms with Crippen LogP contribution in [0.2, 0.25) is 0 Å². The maximum atomic E-state index is 13.8. The lowest BCUT2D eigenvalue weighted by molar-refractivity contribution is 0.620. The van der Waals surface area contributed by atoms with E-state index in [4.69, 9.17) is 4.42 Å². The molecule has 0 aliphatic heterocycles. The van der Waals surface area contributed by atoms with E-state index in [-0.39, 0.29) is 5.82 Å². The molecule has 4 heterocycles. The number of halogens is 1. The monoisotopic (exact) mass is 448 g/mol. The van der Waals surface area contributed by atoms with Gasteiger partial charge in [0, 0.05) is 52.7 Å². The van der Waals surface area contributed by atoms with Gasteiger partial charge in [0.25, 0.3) is 0 Å². The lowest BCUT2D eigenvalue weighted by Gasteiger charge is -2.10. The van der Waals surface area contributed by atoms with Gasteiger partial charge in [0.05, 0.1) is 17.4 Å². The third-order valence-corrected chi connectivity index (χ3v) is 5.31. The molecule has 6 aromatic rings. The third kappa shape index (κ3) is 3.88. The van der Waals surface area contributed by atoms with Crippen molar-refractivity contribution in [1.29, 1.82) is 0 Å². The third-order valence-electron chi connectivity index (χ3n) is 5.31. The van der Waals surface area contributed by atoms with E-state index in [2.05, 4.69) is 30.6 Å². The summed E-state index contributed by atoms with van der Waals surface area (Å²) in [6, 6.07) is 19.6. The maximum absolute atomic E-state index is 13.8. The number of anilines is 4. The number of fused-ring (bicyclic) bond motifs is 2. The number of nitrogens with zero attached hydrogens (tertiary/aromatic N) is 4. The maximum Gasteiger partial charge on any atom is 0.228 e. The first-order chi connectivity index (χ1) is 16.7. The van der Waals surface area contributed by atoms with Gasteiger partial charge in [-0.15, -0.1) is 0 Å². The minimum atomic E-state index is -0.311. The summed E-state index contributed by atoms with van der Waals surface area (Å²) in [6.45, 7) is 0. The van der Waals surface area contributed by atoms with Crippen molar-refractivity contribution >= 4 is 44.9 Å². The summed E-state index contributed by atoms with van der Waals surface area (Å²) in [5, 5.41) is 7.32. The van der Waals surface area contributed by atoms with Crippen LogP contribution in [0.1, 0.15) is 0 Å². The van der Waals surface area contributed by atoms with Crippen LogP contribution in [0.4, 0.5) is 27.1 Å². The number of rotatable bonds is 5. The number of aromatic nitrogens is 4. The van der Waals surface area contributed by atoms with Crippen LogP contribution in [-0.4, -0.2) is 19.9 Å². The highest BCUT2D eigenvalue weighted by Crippen LogP contribution is 2.30. The van der Waals surface area contributed by atoms with Gasteiger partial charge in [0.2, 0.25) is 5.89 Å². The fraction of sp³-hybridized carbons (Fsp3) is 0. The van der Waals surface area contributed by atoms with Crippen molar-refractivity contribution < 1.29 is 8.81 Å². The molecule has 8 heteroatoms. The van der Waals surface area contributed by atoms with Gasteiger partial charge in [0.1, 0.15) is 5.82 Å². The molecule has 0 aliphatic carbocycles. The average molecular weight is 448 g/mol. The molecule has 2 N–H and O–H groups in total. The van der Waals surface area contributed by atoms with Crippen molar-refractivity contribution in [3.63, 3.8) is 0 Å². The van der Waals surface area contributed by atoms with E-state index in [1.54, 1.807) is 30.9 Å². The Bertz CT molecular complexity index is 1630. The highest BCUT2D eigenvalue weighted by molar-refractivity contribution is 5.93. The molecule has 0 radical (unpaired) electrons. The second-order valence-corrected chi connectivity index (χ2v) is 7.65. The van der Waals surface area contributed by atoms with E-state index < -0.39 is 0 Å². The number of benzene rings is 2. The molecule has 0 amide bonds. The lowest BCUT2D eigenvalue weighted by Crippen LogP contribution is -1.93. The van der Waals surface area contributed by atoms with Crippen LogP contribution in [0.5, 0.6) is 0 Å². The van der Waals surface area contributed by atoms with Crippen molar-refractivity contribution in [3.05, 3.63) is 97.3 Å². The highest BCUT2D eigenvalue weighted by Gasteiger charge is 2.12. The summed E-state index contributed by atoms with van der Waals surface area (Å²) < 4.78 is 19.8. The second kappa shape index (κ2) is 8.25. The lowest BCUT2D eigenvalue weighted by atomic mass is 10.1. The number of hydrogen-bond donors (Lipinski definition) is 2. The van der Waals surface area contributed by atoms with Crippen LogP contribution in [0.15, 0.2) is 95.9 Å². The zero-order valence-electron chi connectivity index (χ0n) is 17.7. The average Bonchev–Trinajstić information content (AvgIpc) is 3.29. The van der Waals surface area contributed by atoms with Gasteiger partial charge in [-0.1, -0.05) is 6.07 Å². The van der Waals surface area contributed by atoms with E-state index in [0.29, 0.717) is 28.0 Å². The first-order valence-corrected chi connectivity index (χ1v) is 10.6. The molecule has 4 aromatic heterocycles. The summed E-state index contributed by atoms with van der Waals surface area (Å²) in [7, 11) is 0. The number of pyridine rings is 3. The molecule has 6 rings (SSSR count). The Morgan fingerprint density at radius 1 is 0.765 bits per heavy atom. The molecule has 34 heavy (non-hydrogen) atoms. The molecule has 0 atom stereocenters. The molecule has 7 nitrogen and oxygen atoms in total. The number of hydrogen-bond acceptors (Lipinski definition) is 7. The van der Waals surface area contributed by atoms with Gasteiger partial charge in [-0.05, 0) is 54.6 Å². The summed E-state index contributed by atoms with van der Waals surface area (Å²) in [5.74, 6) is 0.145. The first kappa shape index (κ1) is 19.8. The minimum Gasteiger partial charge on any atom is -0.434 e. The summed E-state index contributed by atoms with van der Waals surface area (Å²) in [5.41, 5.74) is 5.84. The first-order valence-electron chi connectivity index (χ1n) is 10.6. The molecule has 0 aliphatic rings. The van der Waals surface area contributed by atoms with Crippen molar-refractivity contribution in [1.82, 2.24) is 19.9 Å². The van der Waals surface area contributed by atoms with Crippen LogP contribution in [0.3, 0.4) is 0 Å². The minimum absolute atomic E-state index is 0.311. The Morgan fingerprint density at radius 2 is 1.68 bits per heavy atom. The Hall–Kier alpha value is -4.85. The van der Waals surface area contributed by atoms with E-state index in [1.807, 2.05) is 48.5 Å². The quantitative estimate of drug-likeness (QED) is 0.313. The molecule has 2 aromatic carbocycles. The van der Waals surface area contributed by atoms with E-state index in [1.165, 1.54) is 12.1 Å². The molecule has 0 spiro atoms. The Balaban J connectivity index is 1.30. The van der Waals surface area contributed by atoms with Crippen LogP contribution in [0.25, 0.3) is 33.6 Å². The van der Waals surface area contributed by atoms with E-state index in [0.717, 1.165) is 28.3 Å². The normalized spacial score (nSPS) is 11.1. The largest absolute Gasteiger partial charge is 0.434 e. The Kier molecular flexibility index (Phi) is 4.81. The molecule has 0 bridgehead atoms. The van der Waals surface area contributed by atoms with Gasteiger partial charge in [-0.2, -0.15) is 4.98 Å². The predicted octanol–water partition coefficient (Wildman–Crippen LogP) is 6.46. The molecular weight excluding hydrogens is 431 g/mol. The van der Waals surface area contributed by atoms with Crippen LogP contribution in [0, 0.1) is 5.82 Å². The van der Waals surface area contributed by atoms with Gasteiger partial charge in [0.15, 0.2) is 11.2 Å².